The summed E-state index contributed by atoms with van der Waals surface area (Å²) in [7, 11) is 0. The predicted molar refractivity (Wildman–Crippen MR) is 137 cm³/mol. The van der Waals surface area contributed by atoms with Crippen molar-refractivity contribution in [2.45, 2.75) is 43.4 Å². The van der Waals surface area contributed by atoms with Gasteiger partial charge in [-0.3, -0.25) is 19.4 Å². The zero-order chi connectivity index (χ0) is 28.2. The van der Waals surface area contributed by atoms with Gasteiger partial charge in [0.25, 0.3) is 0 Å². The molecule has 0 fully saturated rings. The van der Waals surface area contributed by atoms with Crippen molar-refractivity contribution in [1.29, 1.82) is 0 Å². The number of fused-ring (bicyclic) bond motifs is 1. The maximum absolute atomic E-state index is 13.1. The van der Waals surface area contributed by atoms with Crippen molar-refractivity contribution in [1.82, 2.24) is 20.9 Å². The number of aliphatic hydroxyl groups excluding tert-OH is 2. The van der Waals surface area contributed by atoms with Gasteiger partial charge in [0, 0.05) is 30.1 Å². The number of carboxylic acid groups (broad SMARTS) is 1. The van der Waals surface area contributed by atoms with Crippen LogP contribution in [0.2, 0.25) is 0 Å². The molecule has 0 saturated carbocycles. The minimum absolute atomic E-state index is 0.0117. The summed E-state index contributed by atoms with van der Waals surface area (Å²) in [5, 5.41) is 36.2. The number of aromatic amines is 1. The summed E-state index contributed by atoms with van der Waals surface area (Å²) < 4.78 is 0. The number of nitrogens with two attached hydrogens (primary N) is 3. The molecule has 0 radical (unpaired) electrons. The van der Waals surface area contributed by atoms with Crippen molar-refractivity contribution in [2.75, 3.05) is 19.8 Å². The molecule has 208 valence electrons. The number of benzene rings is 1. The summed E-state index contributed by atoms with van der Waals surface area (Å²) >= 11 is 0. The van der Waals surface area contributed by atoms with Gasteiger partial charge in [0.15, 0.2) is 5.96 Å². The van der Waals surface area contributed by atoms with Gasteiger partial charge in [-0.1, -0.05) is 18.2 Å². The van der Waals surface area contributed by atoms with Crippen LogP contribution < -0.4 is 33.2 Å². The maximum atomic E-state index is 13.1. The lowest BCUT2D eigenvalue weighted by Crippen LogP contribution is -2.58. The number of aliphatic hydroxyl groups is 2. The number of para-hydroxylation sites is 1. The molecule has 0 bridgehead atoms. The lowest BCUT2D eigenvalue weighted by molar-refractivity contribution is -0.142. The SMILES string of the molecule is NC(N)=NCCC[C@H](NC(=O)[C@@H](CO)NC(=O)[C@H](Cc1c[nH]c2ccccc12)NC(=O)[C@@H](N)CO)C(=O)O. The first-order valence-electron chi connectivity index (χ1n) is 11.8. The van der Waals surface area contributed by atoms with Gasteiger partial charge in [0.2, 0.25) is 17.7 Å². The third-order valence-electron chi connectivity index (χ3n) is 5.64. The molecule has 1 aromatic heterocycles. The lowest BCUT2D eigenvalue weighted by atomic mass is 10.0. The number of carbonyl (C=O) groups is 4. The fraction of sp³-hybridized carbons (Fsp3) is 0.435. The second-order valence-corrected chi connectivity index (χ2v) is 8.51. The Morgan fingerprint density at radius 3 is 2.18 bits per heavy atom. The third kappa shape index (κ3) is 8.72. The number of rotatable bonds is 15. The average Bonchev–Trinajstić information content (AvgIpc) is 3.30. The van der Waals surface area contributed by atoms with Gasteiger partial charge >= 0.3 is 5.97 Å². The van der Waals surface area contributed by atoms with Gasteiger partial charge in [-0.25, -0.2) is 4.79 Å². The highest BCUT2D eigenvalue weighted by Gasteiger charge is 2.30. The average molecular weight is 535 g/mol. The lowest BCUT2D eigenvalue weighted by Gasteiger charge is -2.24. The number of hydrogen-bond acceptors (Lipinski definition) is 8. The number of H-pyrrole nitrogens is 1. The molecular formula is C23H34N8O7. The Labute approximate surface area is 217 Å². The van der Waals surface area contributed by atoms with E-state index in [0.717, 1.165) is 10.9 Å². The van der Waals surface area contributed by atoms with Gasteiger partial charge in [-0.2, -0.15) is 0 Å². The van der Waals surface area contributed by atoms with Crippen molar-refractivity contribution < 1.29 is 34.5 Å². The number of guanidine groups is 1. The Bertz CT molecular complexity index is 1150. The highest BCUT2D eigenvalue weighted by atomic mass is 16.4. The molecule has 3 amide bonds. The summed E-state index contributed by atoms with van der Waals surface area (Å²) in [6.07, 6.45) is 1.89. The Hall–Kier alpha value is -4.21. The molecule has 0 aliphatic rings. The summed E-state index contributed by atoms with van der Waals surface area (Å²) in [5.41, 5.74) is 17.5. The van der Waals surface area contributed by atoms with Crippen LogP contribution in [-0.4, -0.2) is 93.9 Å². The first-order valence-corrected chi connectivity index (χ1v) is 11.8. The minimum Gasteiger partial charge on any atom is -0.480 e. The second-order valence-electron chi connectivity index (χ2n) is 8.51. The van der Waals surface area contributed by atoms with Crippen molar-refractivity contribution in [3.8, 4) is 0 Å². The van der Waals surface area contributed by atoms with Gasteiger partial charge < -0.3 is 53.5 Å². The molecule has 15 nitrogen and oxygen atoms in total. The molecule has 1 aromatic carbocycles. The van der Waals surface area contributed by atoms with Crippen LogP contribution in [-0.2, 0) is 25.6 Å². The molecule has 0 spiro atoms. The van der Waals surface area contributed by atoms with E-state index < -0.39 is 61.1 Å². The predicted octanol–water partition coefficient (Wildman–Crippen LogP) is -3.39. The fourth-order valence-electron chi connectivity index (χ4n) is 3.59. The molecule has 0 unspecified atom stereocenters. The normalized spacial score (nSPS) is 14.1. The van der Waals surface area contributed by atoms with E-state index in [9.17, 15) is 34.5 Å². The van der Waals surface area contributed by atoms with E-state index in [1.165, 1.54) is 0 Å². The molecule has 38 heavy (non-hydrogen) atoms. The van der Waals surface area contributed by atoms with Gasteiger partial charge in [-0.05, 0) is 24.5 Å². The van der Waals surface area contributed by atoms with E-state index in [2.05, 4.69) is 25.9 Å². The molecule has 15 heteroatoms. The van der Waals surface area contributed by atoms with Gasteiger partial charge in [0.05, 0.1) is 13.2 Å². The molecule has 4 atom stereocenters. The molecule has 0 aliphatic carbocycles. The van der Waals surface area contributed by atoms with Gasteiger partial charge in [0.1, 0.15) is 24.2 Å². The summed E-state index contributed by atoms with van der Waals surface area (Å²) in [5.74, 6) is -4.06. The number of carbonyl (C=O) groups excluding carboxylic acids is 3. The maximum Gasteiger partial charge on any atom is 0.326 e. The van der Waals surface area contributed by atoms with E-state index in [1.807, 2.05) is 18.2 Å². The highest BCUT2D eigenvalue weighted by molar-refractivity contribution is 5.95. The van der Waals surface area contributed by atoms with Crippen LogP contribution in [0.4, 0.5) is 0 Å². The minimum atomic E-state index is -1.52. The van der Waals surface area contributed by atoms with E-state index in [1.54, 1.807) is 12.3 Å². The third-order valence-corrected chi connectivity index (χ3v) is 5.64. The highest BCUT2D eigenvalue weighted by Crippen LogP contribution is 2.19. The van der Waals surface area contributed by atoms with Crippen molar-refractivity contribution in [3.63, 3.8) is 0 Å². The van der Waals surface area contributed by atoms with Crippen LogP contribution in [0.5, 0.6) is 0 Å². The topological polar surface area (TPSA) is 271 Å². The molecule has 13 N–H and O–H groups in total. The Kier molecular flexibility index (Phi) is 11.5. The van der Waals surface area contributed by atoms with Crippen molar-refractivity contribution in [2.24, 2.45) is 22.2 Å². The molecule has 1 heterocycles. The smallest absolute Gasteiger partial charge is 0.326 e. The summed E-state index contributed by atoms with van der Waals surface area (Å²) in [4.78, 5) is 56.6. The molecule has 0 aliphatic heterocycles. The van der Waals surface area contributed by atoms with Crippen LogP contribution >= 0.6 is 0 Å². The number of hydrogen-bond donors (Lipinski definition) is 10. The standard InChI is InChI=1S/C23H34N8O7/c24-14(10-32)19(34)30-17(8-12-9-28-15-5-2-1-4-13(12)15)20(35)31-18(11-33)21(36)29-16(22(37)38)6-3-7-27-23(25)26/h1-2,4-5,9,14,16-18,28,32-33H,3,6-8,10-11,24H2,(H,29,36)(H,30,34)(H,31,35)(H,37,38)(H4,25,26,27)/t14-,16-,17-,18+/m0/s1. The first-order chi connectivity index (χ1) is 18.1. The van der Waals surface area contributed by atoms with E-state index in [-0.39, 0.29) is 31.8 Å². The van der Waals surface area contributed by atoms with Crippen LogP contribution in [0, 0.1) is 0 Å². The largest absolute Gasteiger partial charge is 0.480 e. The van der Waals surface area contributed by atoms with Crippen molar-refractivity contribution >= 4 is 40.6 Å². The number of aromatic nitrogens is 1. The number of carboxylic acids is 1. The quantitative estimate of drug-likeness (QED) is 0.0614. The Morgan fingerprint density at radius 1 is 0.921 bits per heavy atom. The molecule has 0 saturated heterocycles. The number of nitrogens with one attached hydrogen (secondary N) is 4. The Balaban J connectivity index is 2.15. The van der Waals surface area contributed by atoms with Crippen LogP contribution in [0.25, 0.3) is 10.9 Å². The zero-order valence-corrected chi connectivity index (χ0v) is 20.6. The van der Waals surface area contributed by atoms with Crippen molar-refractivity contribution in [3.05, 3.63) is 36.0 Å². The second kappa shape index (κ2) is 14.5. The molecular weight excluding hydrogens is 500 g/mol. The monoisotopic (exact) mass is 534 g/mol. The molecule has 2 aromatic rings. The molecule has 2 rings (SSSR count). The fourth-order valence-corrected chi connectivity index (χ4v) is 3.59. The summed E-state index contributed by atoms with van der Waals surface area (Å²) in [6, 6.07) is 1.90. The van der Waals surface area contributed by atoms with E-state index in [4.69, 9.17) is 17.2 Å². The van der Waals surface area contributed by atoms with E-state index >= 15 is 0 Å². The Morgan fingerprint density at radius 2 is 1.55 bits per heavy atom. The van der Waals surface area contributed by atoms with Crippen LogP contribution in [0.1, 0.15) is 18.4 Å². The van der Waals surface area contributed by atoms with E-state index in [0.29, 0.717) is 5.56 Å². The van der Waals surface area contributed by atoms with Gasteiger partial charge in [-0.15, -0.1) is 0 Å². The first kappa shape index (κ1) is 30.0. The zero-order valence-electron chi connectivity index (χ0n) is 20.6. The van der Waals surface area contributed by atoms with Crippen LogP contribution in [0.3, 0.4) is 0 Å². The summed E-state index contributed by atoms with van der Waals surface area (Å²) in [6.45, 7) is -1.36. The number of nitrogens with zero attached hydrogens (tertiary/aromatic N) is 1. The van der Waals surface area contributed by atoms with Crippen LogP contribution in [0.15, 0.2) is 35.5 Å². The number of aliphatic imine (C=N–C) groups is 1. The number of amides is 3. The number of aliphatic carboxylic acids is 1.